The minimum absolute atomic E-state index is 0.104. The molecule has 0 N–H and O–H groups in total. The zero-order chi connectivity index (χ0) is 10.3. The molecule has 0 unspecified atom stereocenters. The number of benzene rings is 1. The second-order valence-electron chi connectivity index (χ2n) is 3.42. The first kappa shape index (κ1) is 8.62. The van der Waals surface area contributed by atoms with Crippen LogP contribution in [0.5, 0.6) is 0 Å². The van der Waals surface area contributed by atoms with Gasteiger partial charge in [0.15, 0.2) is 5.43 Å². The average molecular weight is 212 g/mol. The molecule has 1 aromatic heterocycles. The van der Waals surface area contributed by atoms with Gasteiger partial charge in [-0.1, -0.05) is 30.3 Å². The first-order valence-corrected chi connectivity index (χ1v) is 5.58. The van der Waals surface area contributed by atoms with Crippen molar-refractivity contribution >= 4 is 31.5 Å². The summed E-state index contributed by atoms with van der Waals surface area (Å²) in [5, 5.41) is 1.92. The summed E-state index contributed by atoms with van der Waals surface area (Å²) < 4.78 is 2.24. The van der Waals surface area contributed by atoms with Crippen molar-refractivity contribution in [3.63, 3.8) is 0 Å². The molecular weight excluding hydrogens is 204 g/mol. The van der Waals surface area contributed by atoms with Crippen molar-refractivity contribution < 1.29 is 0 Å². The fourth-order valence-electron chi connectivity index (χ4n) is 1.81. The summed E-state index contributed by atoms with van der Waals surface area (Å²) in [6.45, 7) is 0. The summed E-state index contributed by atoms with van der Waals surface area (Å²) in [5.41, 5.74) is 0.104. The van der Waals surface area contributed by atoms with Crippen LogP contribution in [0.25, 0.3) is 20.2 Å². The molecular formula is C13H8OS. The standard InChI is InChI=1S/C13H8OS/c14-10-6-2-4-8-12-13(10)9-5-1-3-7-11(9)15-12/h1-8H. The zero-order valence-electron chi connectivity index (χ0n) is 7.94. The summed E-state index contributed by atoms with van der Waals surface area (Å²) >= 11 is 1.67. The van der Waals surface area contributed by atoms with E-state index in [1.807, 2.05) is 30.3 Å². The highest BCUT2D eigenvalue weighted by Gasteiger charge is 2.04. The number of rotatable bonds is 0. The molecule has 0 bridgehead atoms. The predicted molar refractivity (Wildman–Crippen MR) is 65.6 cm³/mol. The molecule has 0 radical (unpaired) electrons. The molecule has 0 fully saturated rings. The van der Waals surface area contributed by atoms with Crippen molar-refractivity contribution in [2.45, 2.75) is 0 Å². The van der Waals surface area contributed by atoms with Crippen LogP contribution in [0.15, 0.2) is 53.3 Å². The Balaban J connectivity index is 2.72. The van der Waals surface area contributed by atoms with Crippen molar-refractivity contribution in [2.75, 3.05) is 0 Å². The Morgan fingerprint density at radius 3 is 2.33 bits per heavy atom. The van der Waals surface area contributed by atoms with Gasteiger partial charge in [0.1, 0.15) is 0 Å². The molecule has 3 aromatic rings. The van der Waals surface area contributed by atoms with Crippen molar-refractivity contribution in [3.8, 4) is 0 Å². The highest BCUT2D eigenvalue weighted by atomic mass is 32.1. The summed E-state index contributed by atoms with van der Waals surface area (Å²) in [5.74, 6) is 0. The van der Waals surface area contributed by atoms with Crippen LogP contribution in [-0.4, -0.2) is 0 Å². The van der Waals surface area contributed by atoms with Crippen molar-refractivity contribution in [1.82, 2.24) is 0 Å². The summed E-state index contributed by atoms with van der Waals surface area (Å²) in [7, 11) is 0. The second-order valence-corrected chi connectivity index (χ2v) is 4.50. The second kappa shape index (κ2) is 3.17. The molecule has 0 aliphatic carbocycles. The number of hydrogen-bond acceptors (Lipinski definition) is 2. The quantitative estimate of drug-likeness (QED) is 0.558. The van der Waals surface area contributed by atoms with Gasteiger partial charge in [-0.15, -0.1) is 11.3 Å². The molecule has 2 heteroatoms. The van der Waals surface area contributed by atoms with E-state index < -0.39 is 0 Å². The number of thiophene rings is 1. The predicted octanol–water partition coefficient (Wildman–Crippen LogP) is 3.41. The molecule has 0 aliphatic rings. The van der Waals surface area contributed by atoms with Gasteiger partial charge in [0.25, 0.3) is 0 Å². The first-order chi connectivity index (χ1) is 7.36. The largest absolute Gasteiger partial charge is 0.289 e. The monoisotopic (exact) mass is 212 g/mol. The van der Waals surface area contributed by atoms with Gasteiger partial charge in [-0.05, 0) is 18.2 Å². The Morgan fingerprint density at radius 2 is 1.47 bits per heavy atom. The van der Waals surface area contributed by atoms with Crippen LogP contribution in [0.1, 0.15) is 0 Å². The van der Waals surface area contributed by atoms with Crippen LogP contribution >= 0.6 is 11.3 Å². The first-order valence-electron chi connectivity index (χ1n) is 4.77. The molecule has 0 amide bonds. The van der Waals surface area contributed by atoms with Gasteiger partial charge < -0.3 is 0 Å². The molecule has 0 aliphatic heterocycles. The highest BCUT2D eigenvalue weighted by Crippen LogP contribution is 2.30. The minimum Gasteiger partial charge on any atom is -0.289 e. The topological polar surface area (TPSA) is 17.1 Å². The molecule has 2 aromatic carbocycles. The van der Waals surface area contributed by atoms with E-state index in [9.17, 15) is 4.79 Å². The third-order valence-corrected chi connectivity index (χ3v) is 3.61. The molecule has 1 nitrogen and oxygen atoms in total. The SMILES string of the molecule is O=c1ccccc2sc3ccccc3c12. The summed E-state index contributed by atoms with van der Waals surface area (Å²) in [4.78, 5) is 11.9. The number of hydrogen-bond donors (Lipinski definition) is 0. The van der Waals surface area contributed by atoms with E-state index in [1.165, 1.54) is 4.70 Å². The number of fused-ring (bicyclic) bond motifs is 3. The summed E-state index contributed by atoms with van der Waals surface area (Å²) in [6.07, 6.45) is 0. The third-order valence-electron chi connectivity index (χ3n) is 2.48. The Bertz CT molecular complexity index is 697. The van der Waals surface area contributed by atoms with E-state index in [-0.39, 0.29) is 5.43 Å². The van der Waals surface area contributed by atoms with Gasteiger partial charge in [0.05, 0.1) is 0 Å². The van der Waals surface area contributed by atoms with E-state index in [2.05, 4.69) is 6.07 Å². The van der Waals surface area contributed by atoms with Crippen molar-refractivity contribution in [1.29, 1.82) is 0 Å². The lowest BCUT2D eigenvalue weighted by atomic mass is 10.2. The smallest absolute Gasteiger partial charge is 0.187 e. The van der Waals surface area contributed by atoms with E-state index >= 15 is 0 Å². The maximum atomic E-state index is 11.9. The lowest BCUT2D eigenvalue weighted by Gasteiger charge is -1.85. The van der Waals surface area contributed by atoms with Crippen LogP contribution in [0.3, 0.4) is 0 Å². The van der Waals surface area contributed by atoms with Crippen molar-refractivity contribution in [2.24, 2.45) is 0 Å². The lowest BCUT2D eigenvalue weighted by Crippen LogP contribution is -1.92. The highest BCUT2D eigenvalue weighted by molar-refractivity contribution is 7.25. The Hall–Kier alpha value is -1.67. The molecule has 1 heterocycles. The molecule has 0 saturated carbocycles. The summed E-state index contributed by atoms with van der Waals surface area (Å²) in [6, 6.07) is 15.4. The van der Waals surface area contributed by atoms with E-state index in [1.54, 1.807) is 23.5 Å². The Morgan fingerprint density at radius 1 is 0.800 bits per heavy atom. The maximum absolute atomic E-state index is 11.9. The van der Waals surface area contributed by atoms with Crippen LogP contribution in [0.4, 0.5) is 0 Å². The minimum atomic E-state index is 0.104. The zero-order valence-corrected chi connectivity index (χ0v) is 8.75. The molecule has 0 atom stereocenters. The normalized spacial score (nSPS) is 10.9. The molecule has 72 valence electrons. The van der Waals surface area contributed by atoms with Gasteiger partial charge in [-0.2, -0.15) is 0 Å². The van der Waals surface area contributed by atoms with E-state index in [0.717, 1.165) is 15.5 Å². The fraction of sp³-hybridized carbons (Fsp3) is 0. The molecule has 0 spiro atoms. The van der Waals surface area contributed by atoms with Crippen LogP contribution in [0.2, 0.25) is 0 Å². The van der Waals surface area contributed by atoms with Gasteiger partial charge in [0, 0.05) is 20.2 Å². The van der Waals surface area contributed by atoms with E-state index in [4.69, 9.17) is 0 Å². The van der Waals surface area contributed by atoms with Crippen LogP contribution in [-0.2, 0) is 0 Å². The van der Waals surface area contributed by atoms with Gasteiger partial charge in [-0.3, -0.25) is 4.79 Å². The lowest BCUT2D eigenvalue weighted by molar-refractivity contribution is 1.75. The fourth-order valence-corrected chi connectivity index (χ4v) is 2.93. The Kier molecular flexibility index (Phi) is 1.82. The third kappa shape index (κ3) is 1.26. The van der Waals surface area contributed by atoms with Gasteiger partial charge >= 0.3 is 0 Å². The van der Waals surface area contributed by atoms with Gasteiger partial charge in [-0.25, -0.2) is 0 Å². The van der Waals surface area contributed by atoms with Crippen LogP contribution in [0, 0.1) is 0 Å². The average Bonchev–Trinajstić information content (AvgIpc) is 2.53. The van der Waals surface area contributed by atoms with Crippen LogP contribution < -0.4 is 5.43 Å². The molecule has 3 rings (SSSR count). The van der Waals surface area contributed by atoms with E-state index in [0.29, 0.717) is 0 Å². The van der Waals surface area contributed by atoms with Crippen molar-refractivity contribution in [3.05, 3.63) is 58.8 Å². The molecule has 0 saturated heterocycles. The molecule has 15 heavy (non-hydrogen) atoms. The maximum Gasteiger partial charge on any atom is 0.187 e. The van der Waals surface area contributed by atoms with Gasteiger partial charge in [0.2, 0.25) is 0 Å². The Labute approximate surface area is 90.6 Å².